The zero-order valence-electron chi connectivity index (χ0n) is 13.7. The summed E-state index contributed by atoms with van der Waals surface area (Å²) in [6.45, 7) is 0.630. The number of rotatable bonds is 4. The Kier molecular flexibility index (Phi) is 4.32. The van der Waals surface area contributed by atoms with Crippen LogP contribution in [0.1, 0.15) is 31.2 Å². The predicted molar refractivity (Wildman–Crippen MR) is 94.5 cm³/mol. The minimum absolute atomic E-state index is 0.297. The van der Waals surface area contributed by atoms with Crippen molar-refractivity contribution in [1.29, 1.82) is 0 Å². The standard InChI is InChI=1S/C20H22N2O2/c21-16-4-3-5-17(12-16)23-13-14-8-10-15(11-9-14)20-22-18-6-1-2-7-19(18)24-20/h1-2,6-11,16-17H,3-5,12-13,21H2. The highest BCUT2D eigenvalue weighted by molar-refractivity contribution is 5.75. The van der Waals surface area contributed by atoms with Gasteiger partial charge in [-0.25, -0.2) is 4.98 Å². The number of oxazole rings is 1. The minimum Gasteiger partial charge on any atom is -0.436 e. The number of para-hydroxylation sites is 2. The summed E-state index contributed by atoms with van der Waals surface area (Å²) in [6, 6.07) is 16.3. The molecule has 2 aromatic carbocycles. The van der Waals surface area contributed by atoms with E-state index in [-0.39, 0.29) is 0 Å². The van der Waals surface area contributed by atoms with E-state index >= 15 is 0 Å². The monoisotopic (exact) mass is 322 g/mol. The van der Waals surface area contributed by atoms with Crippen molar-refractivity contribution in [2.24, 2.45) is 5.73 Å². The first-order valence-corrected chi connectivity index (χ1v) is 8.60. The van der Waals surface area contributed by atoms with Gasteiger partial charge in [0.1, 0.15) is 5.52 Å². The van der Waals surface area contributed by atoms with E-state index in [1.165, 1.54) is 6.42 Å². The number of fused-ring (bicyclic) bond motifs is 1. The smallest absolute Gasteiger partial charge is 0.227 e. The molecule has 4 nitrogen and oxygen atoms in total. The molecule has 124 valence electrons. The molecule has 24 heavy (non-hydrogen) atoms. The van der Waals surface area contributed by atoms with Crippen molar-refractivity contribution < 1.29 is 9.15 Å². The van der Waals surface area contributed by atoms with E-state index in [1.807, 2.05) is 36.4 Å². The molecule has 2 unspecified atom stereocenters. The summed E-state index contributed by atoms with van der Waals surface area (Å²) >= 11 is 0. The van der Waals surface area contributed by atoms with E-state index in [9.17, 15) is 0 Å². The molecule has 4 rings (SSSR count). The summed E-state index contributed by atoms with van der Waals surface area (Å²) in [6.07, 6.45) is 4.68. The van der Waals surface area contributed by atoms with Gasteiger partial charge in [-0.15, -0.1) is 0 Å². The van der Waals surface area contributed by atoms with Crippen LogP contribution in [0, 0.1) is 0 Å². The molecule has 1 fully saturated rings. The molecule has 3 aromatic rings. The number of aromatic nitrogens is 1. The molecule has 1 aliphatic carbocycles. The molecular formula is C20H22N2O2. The quantitative estimate of drug-likeness (QED) is 0.778. The minimum atomic E-state index is 0.297. The lowest BCUT2D eigenvalue weighted by Gasteiger charge is -2.26. The lowest BCUT2D eigenvalue weighted by molar-refractivity contribution is 0.0123. The highest BCUT2D eigenvalue weighted by atomic mass is 16.5. The molecule has 0 spiro atoms. The van der Waals surface area contributed by atoms with Gasteiger partial charge in [-0.2, -0.15) is 0 Å². The number of benzene rings is 2. The molecule has 1 aromatic heterocycles. The van der Waals surface area contributed by atoms with Gasteiger partial charge in [0.25, 0.3) is 0 Å². The third-order valence-corrected chi connectivity index (χ3v) is 4.65. The maximum Gasteiger partial charge on any atom is 0.227 e. The van der Waals surface area contributed by atoms with Crippen molar-refractivity contribution in [3.05, 3.63) is 54.1 Å². The molecule has 0 radical (unpaired) electrons. The summed E-state index contributed by atoms with van der Waals surface area (Å²) in [5.41, 5.74) is 9.85. The first kappa shape index (κ1) is 15.4. The zero-order chi connectivity index (χ0) is 16.4. The molecule has 0 aliphatic heterocycles. The third-order valence-electron chi connectivity index (χ3n) is 4.65. The van der Waals surface area contributed by atoms with E-state index in [4.69, 9.17) is 14.9 Å². The van der Waals surface area contributed by atoms with Gasteiger partial charge in [0.05, 0.1) is 12.7 Å². The van der Waals surface area contributed by atoms with Gasteiger partial charge < -0.3 is 14.9 Å². The Labute approximate surface area is 141 Å². The van der Waals surface area contributed by atoms with Crippen molar-refractivity contribution in [2.45, 2.75) is 44.4 Å². The van der Waals surface area contributed by atoms with Crippen LogP contribution >= 0.6 is 0 Å². The van der Waals surface area contributed by atoms with Gasteiger partial charge in [0.15, 0.2) is 5.58 Å². The second-order valence-corrected chi connectivity index (χ2v) is 6.54. The maximum atomic E-state index is 6.01. The fraction of sp³-hybridized carbons (Fsp3) is 0.350. The van der Waals surface area contributed by atoms with Crippen LogP contribution < -0.4 is 5.73 Å². The van der Waals surface area contributed by atoms with Crippen LogP contribution in [0.3, 0.4) is 0 Å². The van der Waals surface area contributed by atoms with Crippen molar-refractivity contribution in [3.63, 3.8) is 0 Å². The molecule has 0 amide bonds. The maximum absolute atomic E-state index is 6.01. The molecule has 0 saturated heterocycles. The number of nitrogens with two attached hydrogens (primary N) is 1. The second kappa shape index (κ2) is 6.75. The molecule has 1 saturated carbocycles. The van der Waals surface area contributed by atoms with Crippen molar-refractivity contribution in [1.82, 2.24) is 4.98 Å². The summed E-state index contributed by atoms with van der Waals surface area (Å²) in [7, 11) is 0. The highest BCUT2D eigenvalue weighted by Gasteiger charge is 2.19. The average Bonchev–Trinajstić information content (AvgIpc) is 3.05. The molecule has 1 heterocycles. The van der Waals surface area contributed by atoms with Gasteiger partial charge in [-0.3, -0.25) is 0 Å². The molecule has 1 aliphatic rings. The topological polar surface area (TPSA) is 61.3 Å². The van der Waals surface area contributed by atoms with Gasteiger partial charge in [0, 0.05) is 11.6 Å². The zero-order valence-corrected chi connectivity index (χ0v) is 13.7. The van der Waals surface area contributed by atoms with E-state index in [2.05, 4.69) is 17.1 Å². The Balaban J connectivity index is 1.42. The Hall–Kier alpha value is -2.17. The Morgan fingerprint density at radius 3 is 2.71 bits per heavy atom. The Morgan fingerprint density at radius 1 is 1.08 bits per heavy atom. The normalized spacial score (nSPS) is 21.2. The fourth-order valence-corrected chi connectivity index (χ4v) is 3.29. The van der Waals surface area contributed by atoms with Crippen LogP contribution in [0.15, 0.2) is 52.9 Å². The van der Waals surface area contributed by atoms with Crippen LogP contribution in [0.4, 0.5) is 0 Å². The van der Waals surface area contributed by atoms with Crippen molar-refractivity contribution in [2.75, 3.05) is 0 Å². The molecule has 4 heteroatoms. The Bertz CT molecular complexity index is 777. The number of ether oxygens (including phenoxy) is 1. The van der Waals surface area contributed by atoms with Crippen LogP contribution in [0.5, 0.6) is 0 Å². The van der Waals surface area contributed by atoms with Crippen molar-refractivity contribution in [3.8, 4) is 11.5 Å². The predicted octanol–water partition coefficient (Wildman–Crippen LogP) is 4.28. The van der Waals surface area contributed by atoms with Crippen LogP contribution in [-0.4, -0.2) is 17.1 Å². The van der Waals surface area contributed by atoms with Gasteiger partial charge in [-0.1, -0.05) is 24.3 Å². The van der Waals surface area contributed by atoms with Gasteiger partial charge in [-0.05, 0) is 55.5 Å². The van der Waals surface area contributed by atoms with Gasteiger partial charge >= 0.3 is 0 Å². The first-order valence-electron chi connectivity index (χ1n) is 8.60. The largest absolute Gasteiger partial charge is 0.436 e. The SMILES string of the molecule is NC1CCCC(OCc2ccc(-c3nc4ccccc4o3)cc2)C1. The average molecular weight is 322 g/mol. The van der Waals surface area contributed by atoms with E-state index in [0.717, 1.165) is 41.5 Å². The van der Waals surface area contributed by atoms with Crippen LogP contribution in [0.25, 0.3) is 22.6 Å². The number of hydrogen-bond acceptors (Lipinski definition) is 4. The number of nitrogens with zero attached hydrogens (tertiary/aromatic N) is 1. The van der Waals surface area contributed by atoms with Crippen molar-refractivity contribution >= 4 is 11.1 Å². The summed E-state index contributed by atoms with van der Waals surface area (Å²) < 4.78 is 11.8. The summed E-state index contributed by atoms with van der Waals surface area (Å²) in [5.74, 6) is 0.655. The number of hydrogen-bond donors (Lipinski definition) is 1. The fourth-order valence-electron chi connectivity index (χ4n) is 3.29. The first-order chi connectivity index (χ1) is 11.8. The molecule has 2 atom stereocenters. The van der Waals surface area contributed by atoms with E-state index in [0.29, 0.717) is 24.6 Å². The third kappa shape index (κ3) is 3.35. The van der Waals surface area contributed by atoms with Crippen LogP contribution in [0.2, 0.25) is 0 Å². The lowest BCUT2D eigenvalue weighted by Crippen LogP contribution is -2.32. The second-order valence-electron chi connectivity index (χ2n) is 6.54. The van der Waals surface area contributed by atoms with E-state index < -0.39 is 0 Å². The van der Waals surface area contributed by atoms with Crippen LogP contribution in [-0.2, 0) is 11.3 Å². The molecule has 0 bridgehead atoms. The molecular weight excluding hydrogens is 300 g/mol. The Morgan fingerprint density at radius 2 is 1.92 bits per heavy atom. The van der Waals surface area contributed by atoms with Gasteiger partial charge in [0.2, 0.25) is 5.89 Å². The summed E-state index contributed by atoms with van der Waals surface area (Å²) in [5, 5.41) is 0. The lowest BCUT2D eigenvalue weighted by atomic mass is 9.93. The summed E-state index contributed by atoms with van der Waals surface area (Å²) in [4.78, 5) is 4.53. The molecule has 2 N–H and O–H groups in total. The highest BCUT2D eigenvalue weighted by Crippen LogP contribution is 2.25. The van der Waals surface area contributed by atoms with E-state index in [1.54, 1.807) is 0 Å².